The molecule has 86 valence electrons. The standard InChI is InChI=1S/C13H17NO2/c1-4-16-12-7-10(8-13(14)15)5-6-11(12)9(2)3/h5-7H,2,4,8H2,1,3H3,(H2,14,15). The van der Waals surface area contributed by atoms with Gasteiger partial charge >= 0.3 is 0 Å². The number of rotatable bonds is 5. The molecule has 0 heterocycles. The molecule has 3 nitrogen and oxygen atoms in total. The number of amides is 1. The van der Waals surface area contributed by atoms with E-state index in [1.165, 1.54) is 0 Å². The van der Waals surface area contributed by atoms with E-state index >= 15 is 0 Å². The molecule has 0 unspecified atom stereocenters. The third kappa shape index (κ3) is 3.12. The van der Waals surface area contributed by atoms with Crippen LogP contribution in [0.4, 0.5) is 0 Å². The Bertz CT molecular complexity index is 410. The Morgan fingerprint density at radius 2 is 2.19 bits per heavy atom. The van der Waals surface area contributed by atoms with E-state index in [1.54, 1.807) is 0 Å². The molecule has 0 fully saturated rings. The minimum atomic E-state index is -0.342. The number of carbonyl (C=O) groups excluding carboxylic acids is 1. The van der Waals surface area contributed by atoms with Crippen molar-refractivity contribution in [2.75, 3.05) is 6.61 Å². The highest BCUT2D eigenvalue weighted by atomic mass is 16.5. The molecule has 0 saturated carbocycles. The second-order valence-electron chi connectivity index (χ2n) is 3.69. The van der Waals surface area contributed by atoms with Crippen molar-refractivity contribution in [1.82, 2.24) is 0 Å². The van der Waals surface area contributed by atoms with Crippen molar-refractivity contribution in [3.8, 4) is 5.75 Å². The molecular formula is C13H17NO2. The van der Waals surface area contributed by atoms with Crippen molar-refractivity contribution in [3.05, 3.63) is 35.9 Å². The summed E-state index contributed by atoms with van der Waals surface area (Å²) < 4.78 is 5.51. The lowest BCUT2D eigenvalue weighted by Gasteiger charge is -2.11. The van der Waals surface area contributed by atoms with Crippen LogP contribution in [0.15, 0.2) is 24.8 Å². The highest BCUT2D eigenvalue weighted by Crippen LogP contribution is 2.26. The Morgan fingerprint density at radius 3 is 2.69 bits per heavy atom. The van der Waals surface area contributed by atoms with Crippen LogP contribution in [0.3, 0.4) is 0 Å². The van der Waals surface area contributed by atoms with Gasteiger partial charge in [-0.1, -0.05) is 18.7 Å². The van der Waals surface area contributed by atoms with Gasteiger partial charge in [-0.15, -0.1) is 0 Å². The number of ether oxygens (including phenoxy) is 1. The van der Waals surface area contributed by atoms with Crippen molar-refractivity contribution >= 4 is 11.5 Å². The Labute approximate surface area is 95.9 Å². The molecule has 16 heavy (non-hydrogen) atoms. The van der Waals surface area contributed by atoms with E-state index in [0.29, 0.717) is 6.61 Å². The number of carbonyl (C=O) groups is 1. The largest absolute Gasteiger partial charge is 0.493 e. The van der Waals surface area contributed by atoms with Gasteiger partial charge in [0.2, 0.25) is 5.91 Å². The third-order valence-corrected chi connectivity index (χ3v) is 2.18. The van der Waals surface area contributed by atoms with E-state index in [9.17, 15) is 4.79 Å². The minimum Gasteiger partial charge on any atom is -0.493 e. The molecule has 1 aromatic rings. The van der Waals surface area contributed by atoms with Gasteiger partial charge in [0.1, 0.15) is 5.75 Å². The molecule has 0 aliphatic carbocycles. The lowest BCUT2D eigenvalue weighted by atomic mass is 10.0. The average Bonchev–Trinajstić information content (AvgIpc) is 2.17. The number of hydrogen-bond acceptors (Lipinski definition) is 2. The van der Waals surface area contributed by atoms with Crippen LogP contribution in [0.5, 0.6) is 5.75 Å². The van der Waals surface area contributed by atoms with Crippen LogP contribution in [-0.4, -0.2) is 12.5 Å². The minimum absolute atomic E-state index is 0.233. The van der Waals surface area contributed by atoms with E-state index in [-0.39, 0.29) is 12.3 Å². The van der Waals surface area contributed by atoms with Gasteiger partial charge < -0.3 is 10.5 Å². The van der Waals surface area contributed by atoms with Gasteiger partial charge in [0.15, 0.2) is 0 Å². The van der Waals surface area contributed by atoms with Gasteiger partial charge in [0.05, 0.1) is 13.0 Å². The summed E-state index contributed by atoms with van der Waals surface area (Å²) in [4.78, 5) is 10.8. The smallest absolute Gasteiger partial charge is 0.221 e. The fourth-order valence-electron chi connectivity index (χ4n) is 1.51. The van der Waals surface area contributed by atoms with E-state index in [2.05, 4.69) is 6.58 Å². The van der Waals surface area contributed by atoms with E-state index in [1.807, 2.05) is 32.0 Å². The topological polar surface area (TPSA) is 52.3 Å². The summed E-state index contributed by atoms with van der Waals surface area (Å²) in [5, 5.41) is 0. The van der Waals surface area contributed by atoms with Gasteiger partial charge in [0, 0.05) is 5.56 Å². The first-order valence-electron chi connectivity index (χ1n) is 5.24. The fourth-order valence-corrected chi connectivity index (χ4v) is 1.51. The van der Waals surface area contributed by atoms with Crippen LogP contribution in [-0.2, 0) is 11.2 Å². The maximum absolute atomic E-state index is 10.8. The summed E-state index contributed by atoms with van der Waals surface area (Å²) in [6, 6.07) is 5.63. The predicted molar refractivity (Wildman–Crippen MR) is 65.2 cm³/mol. The summed E-state index contributed by atoms with van der Waals surface area (Å²) >= 11 is 0. The van der Waals surface area contributed by atoms with Crippen LogP contribution in [0.2, 0.25) is 0 Å². The highest BCUT2D eigenvalue weighted by Gasteiger charge is 2.07. The summed E-state index contributed by atoms with van der Waals surface area (Å²) in [7, 11) is 0. The SMILES string of the molecule is C=C(C)c1ccc(CC(N)=O)cc1OCC. The molecule has 0 atom stereocenters. The quantitative estimate of drug-likeness (QED) is 0.825. The molecule has 3 heteroatoms. The number of benzene rings is 1. The first-order chi connectivity index (χ1) is 7.54. The van der Waals surface area contributed by atoms with Crippen LogP contribution in [0, 0.1) is 0 Å². The average molecular weight is 219 g/mol. The fraction of sp³-hybridized carbons (Fsp3) is 0.308. The third-order valence-electron chi connectivity index (χ3n) is 2.18. The molecule has 0 saturated heterocycles. The first-order valence-corrected chi connectivity index (χ1v) is 5.24. The van der Waals surface area contributed by atoms with Crippen molar-refractivity contribution in [1.29, 1.82) is 0 Å². The van der Waals surface area contributed by atoms with Crippen LogP contribution in [0.25, 0.3) is 5.57 Å². The zero-order valence-electron chi connectivity index (χ0n) is 9.75. The van der Waals surface area contributed by atoms with Gasteiger partial charge in [0.25, 0.3) is 0 Å². The van der Waals surface area contributed by atoms with Crippen molar-refractivity contribution in [2.45, 2.75) is 20.3 Å². The molecule has 0 aliphatic heterocycles. The molecule has 0 radical (unpaired) electrons. The second-order valence-corrected chi connectivity index (χ2v) is 3.69. The second kappa shape index (κ2) is 5.35. The molecule has 1 amide bonds. The lowest BCUT2D eigenvalue weighted by Crippen LogP contribution is -2.13. The molecule has 0 aliphatic rings. The van der Waals surface area contributed by atoms with Crippen molar-refractivity contribution < 1.29 is 9.53 Å². The first kappa shape index (κ1) is 12.3. The van der Waals surface area contributed by atoms with Crippen molar-refractivity contribution in [2.24, 2.45) is 5.73 Å². The van der Waals surface area contributed by atoms with Crippen LogP contribution >= 0.6 is 0 Å². The molecule has 1 aromatic carbocycles. The molecule has 0 aromatic heterocycles. The summed E-state index contributed by atoms with van der Waals surface area (Å²) in [5.41, 5.74) is 7.92. The number of primary amides is 1. The van der Waals surface area contributed by atoms with Gasteiger partial charge in [-0.3, -0.25) is 4.79 Å². The summed E-state index contributed by atoms with van der Waals surface area (Å²) in [5.74, 6) is 0.416. The lowest BCUT2D eigenvalue weighted by molar-refractivity contribution is -0.117. The highest BCUT2D eigenvalue weighted by molar-refractivity contribution is 5.77. The van der Waals surface area contributed by atoms with E-state index in [4.69, 9.17) is 10.5 Å². The Hall–Kier alpha value is -1.77. The number of allylic oxidation sites excluding steroid dienone is 1. The van der Waals surface area contributed by atoms with Gasteiger partial charge in [-0.25, -0.2) is 0 Å². The monoisotopic (exact) mass is 219 g/mol. The van der Waals surface area contributed by atoms with Gasteiger partial charge in [-0.2, -0.15) is 0 Å². The summed E-state index contributed by atoms with van der Waals surface area (Å²) in [6.07, 6.45) is 0.233. The number of nitrogens with two attached hydrogens (primary N) is 1. The van der Waals surface area contributed by atoms with Crippen LogP contribution < -0.4 is 10.5 Å². The maximum atomic E-state index is 10.8. The summed E-state index contributed by atoms with van der Waals surface area (Å²) in [6.45, 7) is 8.31. The Kier molecular flexibility index (Phi) is 4.11. The van der Waals surface area contributed by atoms with Gasteiger partial charge in [-0.05, 0) is 31.1 Å². The predicted octanol–water partition coefficient (Wildman–Crippen LogP) is 2.15. The van der Waals surface area contributed by atoms with Crippen molar-refractivity contribution in [3.63, 3.8) is 0 Å². The molecule has 0 bridgehead atoms. The van der Waals surface area contributed by atoms with E-state index < -0.39 is 0 Å². The zero-order chi connectivity index (χ0) is 12.1. The van der Waals surface area contributed by atoms with E-state index in [0.717, 1.165) is 22.4 Å². The number of hydrogen-bond donors (Lipinski definition) is 1. The maximum Gasteiger partial charge on any atom is 0.221 e. The Morgan fingerprint density at radius 1 is 1.50 bits per heavy atom. The molecule has 0 spiro atoms. The molecular weight excluding hydrogens is 202 g/mol. The normalized spacial score (nSPS) is 9.88. The van der Waals surface area contributed by atoms with Crippen LogP contribution in [0.1, 0.15) is 25.0 Å². The zero-order valence-corrected chi connectivity index (χ0v) is 9.75. The Balaban J connectivity index is 3.06. The molecule has 1 rings (SSSR count). The molecule has 2 N–H and O–H groups in total.